The molecule has 0 aliphatic carbocycles. The molecule has 21 heavy (non-hydrogen) atoms. The van der Waals surface area contributed by atoms with Crippen molar-refractivity contribution >= 4 is 23.2 Å². The normalized spacial score (nSPS) is 9.90. The maximum absolute atomic E-state index is 12.7. The van der Waals surface area contributed by atoms with Gasteiger partial charge in [0.15, 0.2) is 0 Å². The molecule has 0 bridgehead atoms. The molecule has 0 aliphatic rings. The molecule has 0 atom stereocenters. The van der Waals surface area contributed by atoms with E-state index in [1.54, 1.807) is 17.0 Å². The van der Waals surface area contributed by atoms with Gasteiger partial charge in [-0.1, -0.05) is 30.3 Å². The first-order chi connectivity index (χ1) is 10.3. The van der Waals surface area contributed by atoms with E-state index in [0.29, 0.717) is 18.0 Å². The zero-order chi connectivity index (χ0) is 15.1. The molecule has 0 N–H and O–H groups in total. The van der Waals surface area contributed by atoms with Crippen LogP contribution in [0.4, 0.5) is 5.69 Å². The lowest BCUT2D eigenvalue weighted by Gasteiger charge is -2.22. The molecule has 0 aliphatic heterocycles. The first-order valence-electron chi connectivity index (χ1n) is 6.65. The van der Waals surface area contributed by atoms with Crippen LogP contribution in [0.15, 0.2) is 54.6 Å². The number of amides is 1. The number of carbonyl (C=O) groups excluding carboxylic acids is 1. The quantitative estimate of drug-likeness (QED) is 0.784. The third kappa shape index (κ3) is 3.84. The van der Waals surface area contributed by atoms with E-state index in [4.69, 9.17) is 16.9 Å². The second-order valence-electron chi connectivity index (χ2n) is 4.53. The van der Waals surface area contributed by atoms with E-state index in [2.05, 4.69) is 6.07 Å². The van der Waals surface area contributed by atoms with Gasteiger partial charge in [-0.2, -0.15) is 5.26 Å². The smallest absolute Gasteiger partial charge is 0.258 e. The Morgan fingerprint density at radius 3 is 2.57 bits per heavy atom. The molecule has 0 aromatic heterocycles. The number of alkyl halides is 1. The predicted molar refractivity (Wildman–Crippen MR) is 84.3 cm³/mol. The number of hydrogen-bond donors (Lipinski definition) is 0. The molecule has 0 spiro atoms. The molecular formula is C17H15ClN2O. The van der Waals surface area contributed by atoms with Crippen LogP contribution in [0, 0.1) is 11.3 Å². The van der Waals surface area contributed by atoms with Gasteiger partial charge in [-0.05, 0) is 29.8 Å². The van der Waals surface area contributed by atoms with Gasteiger partial charge >= 0.3 is 0 Å². The summed E-state index contributed by atoms with van der Waals surface area (Å²) in [4.78, 5) is 14.3. The molecule has 0 saturated carbocycles. The zero-order valence-electron chi connectivity index (χ0n) is 11.5. The van der Waals surface area contributed by atoms with Crippen molar-refractivity contribution in [2.75, 3.05) is 11.4 Å². The van der Waals surface area contributed by atoms with E-state index in [1.165, 1.54) is 0 Å². The summed E-state index contributed by atoms with van der Waals surface area (Å²) >= 11 is 5.82. The summed E-state index contributed by atoms with van der Waals surface area (Å²) in [6, 6.07) is 18.7. The lowest BCUT2D eigenvalue weighted by atomic mass is 10.1. The number of carbonyl (C=O) groups is 1. The lowest BCUT2D eigenvalue weighted by molar-refractivity contribution is 0.0987. The molecule has 2 aromatic rings. The fourth-order valence-electron chi connectivity index (χ4n) is 2.06. The van der Waals surface area contributed by atoms with Crippen LogP contribution < -0.4 is 4.90 Å². The van der Waals surface area contributed by atoms with E-state index >= 15 is 0 Å². The standard InChI is InChI=1S/C17H15ClN2O/c18-13-14-6-4-7-15(12-14)17(21)20(11-5-10-19)16-8-2-1-3-9-16/h1-4,6-9,12H,5,11,13H2. The Morgan fingerprint density at radius 2 is 1.90 bits per heavy atom. The van der Waals surface area contributed by atoms with Gasteiger partial charge in [-0.3, -0.25) is 4.79 Å². The minimum absolute atomic E-state index is 0.122. The molecule has 2 rings (SSSR count). The Balaban J connectivity index is 2.32. The predicted octanol–water partition coefficient (Wildman–Crippen LogP) is 3.99. The Bertz CT molecular complexity index is 649. The molecule has 4 heteroatoms. The minimum Gasteiger partial charge on any atom is -0.307 e. The van der Waals surface area contributed by atoms with Crippen molar-refractivity contribution in [3.63, 3.8) is 0 Å². The maximum atomic E-state index is 12.7. The van der Waals surface area contributed by atoms with Gasteiger partial charge < -0.3 is 4.90 Å². The third-order valence-corrected chi connectivity index (χ3v) is 3.40. The van der Waals surface area contributed by atoms with Crippen LogP contribution in [0.25, 0.3) is 0 Å². The number of anilines is 1. The molecule has 0 fully saturated rings. The maximum Gasteiger partial charge on any atom is 0.258 e. The van der Waals surface area contributed by atoms with Crippen LogP contribution in [0.2, 0.25) is 0 Å². The van der Waals surface area contributed by atoms with Gasteiger partial charge in [0.1, 0.15) is 0 Å². The van der Waals surface area contributed by atoms with Crippen molar-refractivity contribution in [1.82, 2.24) is 0 Å². The molecule has 0 heterocycles. The van der Waals surface area contributed by atoms with Crippen LogP contribution >= 0.6 is 11.6 Å². The van der Waals surface area contributed by atoms with Crippen molar-refractivity contribution in [2.45, 2.75) is 12.3 Å². The molecule has 0 unspecified atom stereocenters. The second kappa shape index (κ2) is 7.47. The van der Waals surface area contributed by atoms with E-state index in [9.17, 15) is 4.79 Å². The van der Waals surface area contributed by atoms with E-state index in [0.717, 1.165) is 11.3 Å². The van der Waals surface area contributed by atoms with Gasteiger partial charge in [0.2, 0.25) is 0 Å². The number of benzene rings is 2. The summed E-state index contributed by atoms with van der Waals surface area (Å²) in [5, 5.41) is 8.79. The van der Waals surface area contributed by atoms with Gasteiger partial charge in [-0.25, -0.2) is 0 Å². The Labute approximate surface area is 129 Å². The first-order valence-corrected chi connectivity index (χ1v) is 7.18. The van der Waals surface area contributed by atoms with Crippen LogP contribution in [-0.4, -0.2) is 12.5 Å². The van der Waals surface area contributed by atoms with Crippen molar-refractivity contribution in [2.24, 2.45) is 0 Å². The summed E-state index contributed by atoms with van der Waals surface area (Å²) < 4.78 is 0. The highest BCUT2D eigenvalue weighted by Gasteiger charge is 2.17. The highest BCUT2D eigenvalue weighted by Crippen LogP contribution is 2.18. The van der Waals surface area contributed by atoms with Gasteiger partial charge in [0, 0.05) is 23.7 Å². The largest absolute Gasteiger partial charge is 0.307 e. The fourth-order valence-corrected chi connectivity index (χ4v) is 2.23. The number of rotatable bonds is 5. The molecule has 2 aromatic carbocycles. The van der Waals surface area contributed by atoms with Gasteiger partial charge in [-0.15, -0.1) is 11.6 Å². The minimum atomic E-state index is -0.122. The average molecular weight is 299 g/mol. The topological polar surface area (TPSA) is 44.1 Å². The molecule has 1 amide bonds. The fraction of sp³-hybridized carbons (Fsp3) is 0.176. The molecule has 0 saturated heterocycles. The summed E-state index contributed by atoms with van der Waals surface area (Å²) in [5.74, 6) is 0.244. The Kier molecular flexibility index (Phi) is 5.36. The highest BCUT2D eigenvalue weighted by atomic mass is 35.5. The van der Waals surface area contributed by atoms with Crippen molar-refractivity contribution < 1.29 is 4.79 Å². The molecular weight excluding hydrogens is 284 g/mol. The van der Waals surface area contributed by atoms with Crippen molar-refractivity contribution in [3.05, 3.63) is 65.7 Å². The first kappa shape index (κ1) is 15.1. The zero-order valence-corrected chi connectivity index (χ0v) is 12.3. The van der Waals surface area contributed by atoms with Crippen LogP contribution in [-0.2, 0) is 5.88 Å². The molecule has 0 radical (unpaired) electrons. The Hall–Kier alpha value is -2.31. The number of halogens is 1. The number of para-hydroxylation sites is 1. The number of nitriles is 1. The molecule has 106 valence electrons. The van der Waals surface area contributed by atoms with Crippen LogP contribution in [0.3, 0.4) is 0 Å². The Morgan fingerprint density at radius 1 is 1.14 bits per heavy atom. The average Bonchev–Trinajstić information content (AvgIpc) is 2.56. The van der Waals surface area contributed by atoms with Gasteiger partial charge in [0.05, 0.1) is 12.5 Å². The van der Waals surface area contributed by atoms with E-state index in [1.807, 2.05) is 42.5 Å². The third-order valence-electron chi connectivity index (χ3n) is 3.09. The SMILES string of the molecule is N#CCCN(C(=O)c1cccc(CCl)c1)c1ccccc1. The number of nitrogens with zero attached hydrogens (tertiary/aromatic N) is 2. The van der Waals surface area contributed by atoms with Crippen LogP contribution in [0.5, 0.6) is 0 Å². The lowest BCUT2D eigenvalue weighted by Crippen LogP contribution is -2.31. The van der Waals surface area contributed by atoms with Crippen molar-refractivity contribution in [3.8, 4) is 6.07 Å². The van der Waals surface area contributed by atoms with E-state index in [-0.39, 0.29) is 12.3 Å². The summed E-state index contributed by atoms with van der Waals surface area (Å²) in [5.41, 5.74) is 2.26. The highest BCUT2D eigenvalue weighted by molar-refractivity contribution is 6.17. The van der Waals surface area contributed by atoms with Gasteiger partial charge in [0.25, 0.3) is 5.91 Å². The second-order valence-corrected chi connectivity index (χ2v) is 4.80. The van der Waals surface area contributed by atoms with Crippen LogP contribution in [0.1, 0.15) is 22.3 Å². The van der Waals surface area contributed by atoms with E-state index < -0.39 is 0 Å². The molecule has 3 nitrogen and oxygen atoms in total. The summed E-state index contributed by atoms with van der Waals surface area (Å²) in [6.07, 6.45) is 0.288. The van der Waals surface area contributed by atoms with Crippen molar-refractivity contribution in [1.29, 1.82) is 5.26 Å². The monoisotopic (exact) mass is 298 g/mol. The number of hydrogen-bond acceptors (Lipinski definition) is 2. The summed E-state index contributed by atoms with van der Waals surface area (Å²) in [7, 11) is 0. The summed E-state index contributed by atoms with van der Waals surface area (Å²) in [6.45, 7) is 0.366.